The third-order valence-electron chi connectivity index (χ3n) is 3.93. The number of aryl methyl sites for hydroxylation is 1. The number of pyridine rings is 1. The van der Waals surface area contributed by atoms with Crippen molar-refractivity contribution in [1.82, 2.24) is 20.2 Å². The van der Waals surface area contributed by atoms with Crippen molar-refractivity contribution in [2.75, 3.05) is 13.1 Å². The third kappa shape index (κ3) is 3.51. The van der Waals surface area contributed by atoms with Crippen LogP contribution in [0.5, 0.6) is 0 Å². The van der Waals surface area contributed by atoms with Crippen LogP contribution >= 0.6 is 0 Å². The number of nitrogens with zero attached hydrogens (tertiary/aromatic N) is 3. The lowest BCUT2D eigenvalue weighted by atomic mass is 10.0. The molecule has 0 aliphatic carbocycles. The molecule has 3 rings (SSSR count). The maximum atomic E-state index is 12.2. The van der Waals surface area contributed by atoms with Gasteiger partial charge in [0.15, 0.2) is 12.1 Å². The van der Waals surface area contributed by atoms with Gasteiger partial charge in [-0.05, 0) is 37.9 Å². The Kier molecular flexibility index (Phi) is 4.48. The monoisotopic (exact) mass is 300 g/mol. The van der Waals surface area contributed by atoms with Gasteiger partial charge in [-0.15, -0.1) is 0 Å². The molecule has 1 aliphatic rings. The van der Waals surface area contributed by atoms with Crippen molar-refractivity contribution in [3.63, 3.8) is 0 Å². The van der Waals surface area contributed by atoms with Gasteiger partial charge < -0.3 is 9.73 Å². The normalized spacial score (nSPS) is 19.0. The smallest absolute Gasteiger partial charge is 0.273 e. The standard InChI is InChI=1S/C16H20N4O2/c1-12-15(18-11-22-12)16(21)19-14-5-3-7-20(10-14)9-13-4-2-6-17-8-13/h2,4,6,8,11,14H,3,5,7,9-10H2,1H3,(H,19,21). The first kappa shape index (κ1) is 14.7. The van der Waals surface area contributed by atoms with E-state index < -0.39 is 0 Å². The minimum Gasteiger partial charge on any atom is -0.448 e. The van der Waals surface area contributed by atoms with E-state index in [0.717, 1.165) is 32.5 Å². The van der Waals surface area contributed by atoms with Crippen molar-refractivity contribution >= 4 is 5.91 Å². The van der Waals surface area contributed by atoms with Gasteiger partial charge in [0, 0.05) is 31.5 Å². The van der Waals surface area contributed by atoms with Gasteiger partial charge >= 0.3 is 0 Å². The predicted octanol–water partition coefficient (Wildman–Crippen LogP) is 1.77. The number of hydrogen-bond donors (Lipinski definition) is 1. The van der Waals surface area contributed by atoms with E-state index in [1.54, 1.807) is 13.1 Å². The van der Waals surface area contributed by atoms with Crippen LogP contribution in [-0.4, -0.2) is 39.9 Å². The number of rotatable bonds is 4. The molecule has 1 aliphatic heterocycles. The fourth-order valence-electron chi connectivity index (χ4n) is 2.84. The second-order valence-electron chi connectivity index (χ2n) is 5.67. The Morgan fingerprint density at radius 1 is 1.55 bits per heavy atom. The average Bonchev–Trinajstić information content (AvgIpc) is 2.95. The van der Waals surface area contributed by atoms with Gasteiger partial charge in [-0.3, -0.25) is 14.7 Å². The zero-order valence-corrected chi connectivity index (χ0v) is 12.7. The second kappa shape index (κ2) is 6.70. The van der Waals surface area contributed by atoms with Gasteiger partial charge in [0.1, 0.15) is 5.76 Å². The Balaban J connectivity index is 1.57. The summed E-state index contributed by atoms with van der Waals surface area (Å²) in [5.41, 5.74) is 1.58. The van der Waals surface area contributed by atoms with Gasteiger partial charge in [0.05, 0.1) is 0 Å². The number of aromatic nitrogens is 2. The van der Waals surface area contributed by atoms with E-state index >= 15 is 0 Å². The van der Waals surface area contributed by atoms with Crippen molar-refractivity contribution in [1.29, 1.82) is 0 Å². The first-order valence-corrected chi connectivity index (χ1v) is 7.54. The molecule has 0 radical (unpaired) electrons. The summed E-state index contributed by atoms with van der Waals surface area (Å²) in [5, 5.41) is 3.06. The fourth-order valence-corrected chi connectivity index (χ4v) is 2.84. The van der Waals surface area contributed by atoms with E-state index in [9.17, 15) is 4.79 Å². The van der Waals surface area contributed by atoms with E-state index in [0.29, 0.717) is 11.5 Å². The topological polar surface area (TPSA) is 71.3 Å². The van der Waals surface area contributed by atoms with Gasteiger partial charge in [0.25, 0.3) is 5.91 Å². The molecule has 0 spiro atoms. The Morgan fingerprint density at radius 2 is 2.45 bits per heavy atom. The quantitative estimate of drug-likeness (QED) is 0.932. The Morgan fingerprint density at radius 3 is 3.18 bits per heavy atom. The van der Waals surface area contributed by atoms with E-state index in [1.807, 2.05) is 12.3 Å². The molecule has 6 heteroatoms. The van der Waals surface area contributed by atoms with Crippen molar-refractivity contribution in [3.8, 4) is 0 Å². The molecule has 1 unspecified atom stereocenters. The number of amides is 1. The molecule has 0 bridgehead atoms. The van der Waals surface area contributed by atoms with Crippen LogP contribution in [0.4, 0.5) is 0 Å². The van der Waals surface area contributed by atoms with Crippen molar-refractivity contribution < 1.29 is 9.21 Å². The summed E-state index contributed by atoms with van der Waals surface area (Å²) in [5.74, 6) is 0.403. The van der Waals surface area contributed by atoms with Gasteiger partial charge in [-0.25, -0.2) is 4.98 Å². The molecular weight excluding hydrogens is 280 g/mol. The summed E-state index contributed by atoms with van der Waals surface area (Å²) in [7, 11) is 0. The summed E-state index contributed by atoms with van der Waals surface area (Å²) in [4.78, 5) is 22.7. The van der Waals surface area contributed by atoms with Crippen LogP contribution < -0.4 is 5.32 Å². The number of hydrogen-bond acceptors (Lipinski definition) is 5. The highest BCUT2D eigenvalue weighted by molar-refractivity contribution is 5.93. The lowest BCUT2D eigenvalue weighted by Gasteiger charge is -2.33. The summed E-state index contributed by atoms with van der Waals surface area (Å²) in [6.07, 6.45) is 7.04. The molecule has 3 heterocycles. The minimum atomic E-state index is -0.153. The van der Waals surface area contributed by atoms with Crippen molar-refractivity contribution in [3.05, 3.63) is 47.9 Å². The van der Waals surface area contributed by atoms with Gasteiger partial charge in [0.2, 0.25) is 0 Å². The molecule has 116 valence electrons. The van der Waals surface area contributed by atoms with Crippen LogP contribution in [0.2, 0.25) is 0 Å². The number of nitrogens with one attached hydrogen (secondary N) is 1. The van der Waals surface area contributed by atoms with Crippen LogP contribution in [0, 0.1) is 6.92 Å². The highest BCUT2D eigenvalue weighted by Crippen LogP contribution is 2.14. The molecule has 22 heavy (non-hydrogen) atoms. The SMILES string of the molecule is Cc1ocnc1C(=O)NC1CCCN(Cc2cccnc2)C1. The molecular formula is C16H20N4O2. The number of carbonyl (C=O) groups is 1. The van der Waals surface area contributed by atoms with Gasteiger partial charge in [-0.2, -0.15) is 0 Å². The predicted molar refractivity (Wildman–Crippen MR) is 81.2 cm³/mol. The van der Waals surface area contributed by atoms with E-state index in [-0.39, 0.29) is 11.9 Å². The number of oxazole rings is 1. The zero-order valence-electron chi connectivity index (χ0n) is 12.7. The first-order chi connectivity index (χ1) is 10.7. The molecule has 1 amide bonds. The van der Waals surface area contributed by atoms with E-state index in [2.05, 4.69) is 26.3 Å². The molecule has 2 aromatic heterocycles. The fraction of sp³-hybridized carbons (Fsp3) is 0.438. The van der Waals surface area contributed by atoms with Crippen LogP contribution in [-0.2, 0) is 6.54 Å². The van der Waals surface area contributed by atoms with Crippen LogP contribution in [0.25, 0.3) is 0 Å². The molecule has 1 fully saturated rings. The maximum Gasteiger partial charge on any atom is 0.273 e. The molecule has 1 N–H and O–H groups in total. The lowest BCUT2D eigenvalue weighted by molar-refractivity contribution is 0.0895. The molecule has 1 atom stereocenters. The number of likely N-dealkylation sites (tertiary alicyclic amines) is 1. The lowest BCUT2D eigenvalue weighted by Crippen LogP contribution is -2.47. The first-order valence-electron chi connectivity index (χ1n) is 7.54. The maximum absolute atomic E-state index is 12.2. The highest BCUT2D eigenvalue weighted by atomic mass is 16.3. The van der Waals surface area contributed by atoms with Gasteiger partial charge in [-0.1, -0.05) is 6.07 Å². The Hall–Kier alpha value is -2.21. The van der Waals surface area contributed by atoms with E-state index in [4.69, 9.17) is 4.42 Å². The summed E-state index contributed by atoms with van der Waals surface area (Å²) in [6, 6.07) is 4.17. The highest BCUT2D eigenvalue weighted by Gasteiger charge is 2.23. The van der Waals surface area contributed by atoms with Crippen LogP contribution in [0.15, 0.2) is 35.3 Å². The van der Waals surface area contributed by atoms with Crippen LogP contribution in [0.3, 0.4) is 0 Å². The Bertz CT molecular complexity index is 626. The molecule has 2 aromatic rings. The molecule has 0 aromatic carbocycles. The Labute approximate surface area is 129 Å². The van der Waals surface area contributed by atoms with Crippen molar-refractivity contribution in [2.24, 2.45) is 0 Å². The molecule has 1 saturated heterocycles. The largest absolute Gasteiger partial charge is 0.448 e. The number of carbonyl (C=O) groups excluding carboxylic acids is 1. The second-order valence-corrected chi connectivity index (χ2v) is 5.67. The van der Waals surface area contributed by atoms with E-state index in [1.165, 1.54) is 12.0 Å². The van der Waals surface area contributed by atoms with Crippen molar-refractivity contribution in [2.45, 2.75) is 32.4 Å². The summed E-state index contributed by atoms with van der Waals surface area (Å²) >= 11 is 0. The summed E-state index contributed by atoms with van der Waals surface area (Å²) < 4.78 is 5.09. The molecule has 6 nitrogen and oxygen atoms in total. The minimum absolute atomic E-state index is 0.147. The van der Waals surface area contributed by atoms with Crippen LogP contribution in [0.1, 0.15) is 34.7 Å². The third-order valence-corrected chi connectivity index (χ3v) is 3.93. The molecule has 0 saturated carbocycles. The number of piperidine rings is 1. The summed E-state index contributed by atoms with van der Waals surface area (Å²) in [6.45, 7) is 4.50. The zero-order chi connectivity index (χ0) is 15.4. The average molecular weight is 300 g/mol.